The highest BCUT2D eigenvalue weighted by molar-refractivity contribution is 7.59. The molecule has 0 aliphatic heterocycles. The van der Waals surface area contributed by atoms with Gasteiger partial charge in [-0.15, -0.1) is 0 Å². The molecular weight excluding hydrogens is 327 g/mol. The van der Waals surface area contributed by atoms with Gasteiger partial charge in [0.25, 0.3) is 5.91 Å². The maximum Gasteiger partial charge on any atom is 0.358 e. The van der Waals surface area contributed by atoms with Gasteiger partial charge in [-0.3, -0.25) is 10.0 Å². The van der Waals surface area contributed by atoms with Crippen molar-refractivity contribution in [1.29, 1.82) is 0 Å². The van der Waals surface area contributed by atoms with Crippen molar-refractivity contribution in [2.24, 2.45) is 0 Å². The third-order valence-corrected chi connectivity index (χ3v) is 6.25. The first-order valence-corrected chi connectivity index (χ1v) is 9.47. The van der Waals surface area contributed by atoms with Gasteiger partial charge in [0.1, 0.15) is 14.2 Å². The van der Waals surface area contributed by atoms with E-state index in [-0.39, 0.29) is 24.6 Å². The minimum absolute atomic E-state index is 0.134. The van der Waals surface area contributed by atoms with E-state index >= 15 is 0 Å². The molecule has 4 N–H and O–H groups in total. The molecule has 0 radical (unpaired) electrons. The lowest BCUT2D eigenvalue weighted by atomic mass is 10.1. The van der Waals surface area contributed by atoms with E-state index in [1.807, 2.05) is 6.92 Å². The number of rotatable bonds is 11. The van der Waals surface area contributed by atoms with Gasteiger partial charge in [0.05, 0.1) is 13.2 Å². The second-order valence-corrected chi connectivity index (χ2v) is 8.67. The summed E-state index contributed by atoms with van der Waals surface area (Å²) in [4.78, 5) is 22.9. The summed E-state index contributed by atoms with van der Waals surface area (Å²) in [5.41, 5.74) is 0. The Hall–Kier alpha value is -0.990. The van der Waals surface area contributed by atoms with Gasteiger partial charge >= 0.3 is 13.3 Å². The molecule has 0 saturated carbocycles. The predicted molar refractivity (Wildman–Crippen MR) is 84.9 cm³/mol. The Labute approximate surface area is 136 Å². The maximum absolute atomic E-state index is 12.1. The summed E-state index contributed by atoms with van der Waals surface area (Å²) in [6.45, 7) is 2.75. The molecule has 0 saturated heterocycles. The number of carbonyl (C=O) groups is 2. The largest absolute Gasteiger partial charge is 0.480 e. The highest BCUT2D eigenvalue weighted by atomic mass is 31.2. The first-order chi connectivity index (χ1) is 10.6. The van der Waals surface area contributed by atoms with Crippen LogP contribution in [-0.2, 0) is 18.3 Å². The van der Waals surface area contributed by atoms with Crippen LogP contribution in [0.15, 0.2) is 0 Å². The molecule has 0 rings (SSSR count). The number of carboxylic acids is 1. The summed E-state index contributed by atoms with van der Waals surface area (Å²) >= 11 is 0. The number of hydrogen-bond donors (Lipinski definition) is 4. The zero-order valence-electron chi connectivity index (χ0n) is 14.1. The van der Waals surface area contributed by atoms with E-state index in [0.717, 1.165) is 6.42 Å². The van der Waals surface area contributed by atoms with Crippen LogP contribution < -0.4 is 5.32 Å². The summed E-state index contributed by atoms with van der Waals surface area (Å²) in [5, 5.41) is 31.4. The molecular formula is C13H28N2O7P+. The highest BCUT2D eigenvalue weighted by Crippen LogP contribution is 2.50. The molecule has 136 valence electrons. The molecule has 0 aromatic rings. The molecule has 23 heavy (non-hydrogen) atoms. The Bertz CT molecular complexity index is 444. The van der Waals surface area contributed by atoms with E-state index in [9.17, 15) is 24.5 Å². The second kappa shape index (κ2) is 10.00. The smallest absolute Gasteiger partial charge is 0.358 e. The summed E-state index contributed by atoms with van der Waals surface area (Å²) in [5.74, 6) is -3.32. The summed E-state index contributed by atoms with van der Waals surface area (Å²) in [7, 11) is -0.0355. The number of aliphatic carboxylic acids is 1. The number of carboxylic acid groups (broad SMARTS) is 1. The van der Waals surface area contributed by atoms with Crippen LogP contribution in [0.3, 0.4) is 0 Å². The number of hydroxylamine groups is 2. The number of aliphatic hydroxyl groups excluding tert-OH is 1. The normalized spacial score (nSPS) is 16.7. The molecule has 9 nitrogen and oxygen atoms in total. The fraction of sp³-hybridized carbons (Fsp3) is 0.846. The molecule has 10 heteroatoms. The third kappa shape index (κ3) is 6.97. The number of unbranched alkanes of at least 4 members (excludes halogenated alkanes) is 1. The first kappa shape index (κ1) is 22.0. The number of nitrogens with zero attached hydrogens (tertiary/aromatic N) is 1. The van der Waals surface area contributed by atoms with Crippen molar-refractivity contribution in [3.63, 3.8) is 0 Å². The van der Waals surface area contributed by atoms with Gasteiger partial charge in [0.15, 0.2) is 11.9 Å². The summed E-state index contributed by atoms with van der Waals surface area (Å²) < 4.78 is 14.3. The topological polar surface area (TPSA) is 130 Å². The van der Waals surface area contributed by atoms with Crippen LogP contribution in [0.1, 0.15) is 26.2 Å². The Kier molecular flexibility index (Phi) is 9.57. The summed E-state index contributed by atoms with van der Waals surface area (Å²) in [6, 6.07) is -1.30. The summed E-state index contributed by atoms with van der Waals surface area (Å²) in [6.07, 6.45) is 1.45. The van der Waals surface area contributed by atoms with Crippen molar-refractivity contribution in [3.05, 3.63) is 0 Å². The van der Waals surface area contributed by atoms with Crippen molar-refractivity contribution in [2.45, 2.75) is 38.1 Å². The molecule has 0 aromatic heterocycles. The Morgan fingerprint density at radius 3 is 2.35 bits per heavy atom. The molecule has 0 aromatic carbocycles. The van der Waals surface area contributed by atoms with Gasteiger partial charge in [-0.05, 0) is 6.42 Å². The lowest BCUT2D eigenvalue weighted by Crippen LogP contribution is -2.47. The molecule has 0 aliphatic carbocycles. The van der Waals surface area contributed by atoms with Crippen LogP contribution in [0.25, 0.3) is 0 Å². The fourth-order valence-corrected chi connectivity index (χ4v) is 2.67. The Balaban J connectivity index is 4.48. The van der Waals surface area contributed by atoms with Crippen LogP contribution >= 0.6 is 7.37 Å². The van der Waals surface area contributed by atoms with E-state index in [1.165, 1.54) is 20.9 Å². The maximum atomic E-state index is 12.1. The van der Waals surface area contributed by atoms with Crippen LogP contribution in [0.2, 0.25) is 0 Å². The fourth-order valence-electron chi connectivity index (χ4n) is 1.72. The van der Waals surface area contributed by atoms with Crippen molar-refractivity contribution in [2.75, 3.05) is 34.0 Å². The van der Waals surface area contributed by atoms with E-state index in [4.69, 9.17) is 5.11 Å². The van der Waals surface area contributed by atoms with Crippen molar-refractivity contribution in [3.8, 4) is 0 Å². The average Bonchev–Trinajstić information content (AvgIpc) is 2.46. The van der Waals surface area contributed by atoms with Gasteiger partial charge in [-0.2, -0.15) is 0 Å². The van der Waals surface area contributed by atoms with Crippen LogP contribution in [-0.4, -0.2) is 78.2 Å². The molecule has 3 unspecified atom stereocenters. The minimum atomic E-state index is -3.03. The molecule has 0 heterocycles. The van der Waals surface area contributed by atoms with Crippen molar-refractivity contribution < 1.29 is 33.7 Å². The first-order valence-electron chi connectivity index (χ1n) is 7.33. The minimum Gasteiger partial charge on any atom is -0.480 e. The number of carbonyl (C=O) groups excluding carboxylic acids is 1. The van der Waals surface area contributed by atoms with E-state index in [1.54, 1.807) is 0 Å². The SMILES string of the molecule is CCCCC(C(=O)O)N(O)C(=O)CNCC(O)P(C)(=O)[O+](C)C. The lowest BCUT2D eigenvalue weighted by Gasteiger charge is -2.24. The van der Waals surface area contributed by atoms with Crippen LogP contribution in [0, 0.1) is 0 Å². The predicted octanol–water partition coefficient (Wildman–Crippen LogP) is 0.475. The molecule has 0 spiro atoms. The highest BCUT2D eigenvalue weighted by Gasteiger charge is 2.36. The number of hydrogen-bond acceptors (Lipinski definition) is 6. The van der Waals surface area contributed by atoms with Crippen LogP contribution in [0.4, 0.5) is 0 Å². The monoisotopic (exact) mass is 355 g/mol. The van der Waals surface area contributed by atoms with Gasteiger partial charge in [0.2, 0.25) is 0 Å². The van der Waals surface area contributed by atoms with Gasteiger partial charge in [-0.25, -0.2) is 14.4 Å². The molecule has 1 amide bonds. The standard InChI is InChI=1S/C13H27N2O7P/c1-5-6-7-10(13(18)19)15(20)11(16)8-14-9-12(17)23(4,21)22(2)3/h10,12,14,17,20H,5-9H2,1-4H3/p+1. The molecule has 0 fully saturated rings. The van der Waals surface area contributed by atoms with Gasteiger partial charge in [0, 0.05) is 6.54 Å². The van der Waals surface area contributed by atoms with Gasteiger partial charge < -0.3 is 19.7 Å². The molecule has 3 atom stereocenters. The van der Waals surface area contributed by atoms with E-state index in [2.05, 4.69) is 9.47 Å². The molecule has 0 aliphatic rings. The van der Waals surface area contributed by atoms with Crippen LogP contribution in [0.5, 0.6) is 0 Å². The number of amides is 1. The number of nitrogens with one attached hydrogen (secondary N) is 1. The van der Waals surface area contributed by atoms with Crippen molar-refractivity contribution >= 4 is 19.2 Å². The zero-order valence-corrected chi connectivity index (χ0v) is 15.0. The van der Waals surface area contributed by atoms with E-state index < -0.39 is 31.1 Å². The quantitative estimate of drug-likeness (QED) is 0.183. The third-order valence-electron chi connectivity index (χ3n) is 3.54. The average molecular weight is 355 g/mol. The Morgan fingerprint density at radius 1 is 1.35 bits per heavy atom. The lowest BCUT2D eigenvalue weighted by molar-refractivity contribution is -0.185. The number of aliphatic hydroxyl groups is 1. The van der Waals surface area contributed by atoms with E-state index in [0.29, 0.717) is 6.42 Å². The second-order valence-electron chi connectivity index (χ2n) is 5.53. The molecule has 0 bridgehead atoms. The Morgan fingerprint density at radius 2 is 1.91 bits per heavy atom. The zero-order chi connectivity index (χ0) is 18.2. The van der Waals surface area contributed by atoms with Gasteiger partial charge in [-0.1, -0.05) is 19.8 Å². The van der Waals surface area contributed by atoms with Crippen molar-refractivity contribution in [1.82, 2.24) is 10.4 Å².